The molecule has 3 heterocycles. The average molecular weight is 238 g/mol. The van der Waals surface area contributed by atoms with Gasteiger partial charge in [-0.25, -0.2) is 0 Å². The molecule has 84 valence electrons. The van der Waals surface area contributed by atoms with E-state index in [-0.39, 0.29) is 5.28 Å². The summed E-state index contributed by atoms with van der Waals surface area (Å²) in [4.78, 5) is 10.7. The molecule has 0 aliphatic carbocycles. The summed E-state index contributed by atoms with van der Waals surface area (Å²) in [6.45, 7) is 4.29. The maximum absolute atomic E-state index is 5.90. The molecule has 0 radical (unpaired) electrons. The van der Waals surface area contributed by atoms with Gasteiger partial charge in [0.15, 0.2) is 5.65 Å². The quantitative estimate of drug-likeness (QED) is 0.769. The highest BCUT2D eigenvalue weighted by molar-refractivity contribution is 6.28. The van der Waals surface area contributed by atoms with Crippen LogP contribution in [0, 0.1) is 5.92 Å². The van der Waals surface area contributed by atoms with Crippen molar-refractivity contribution in [1.29, 1.82) is 0 Å². The lowest BCUT2D eigenvalue weighted by Crippen LogP contribution is -2.20. The molecule has 0 amide bonds. The third-order valence-corrected chi connectivity index (χ3v) is 3.15. The first-order valence-electron chi connectivity index (χ1n) is 5.35. The molecular weight excluding hydrogens is 226 g/mol. The van der Waals surface area contributed by atoms with Gasteiger partial charge in [-0.1, -0.05) is 6.92 Å². The van der Waals surface area contributed by atoms with Gasteiger partial charge in [0, 0.05) is 13.1 Å². The number of rotatable bonds is 1. The summed E-state index contributed by atoms with van der Waals surface area (Å²) in [5, 5.41) is 8.02. The number of nitrogens with zero attached hydrogens (tertiary/aromatic N) is 4. The highest BCUT2D eigenvalue weighted by atomic mass is 35.5. The van der Waals surface area contributed by atoms with Gasteiger partial charge in [-0.15, -0.1) is 0 Å². The van der Waals surface area contributed by atoms with Gasteiger partial charge >= 0.3 is 0 Å². The van der Waals surface area contributed by atoms with Gasteiger partial charge < -0.3 is 4.90 Å². The number of hydrogen-bond donors (Lipinski definition) is 1. The van der Waals surface area contributed by atoms with Gasteiger partial charge in [0.25, 0.3) is 0 Å². The second-order valence-electron chi connectivity index (χ2n) is 4.29. The lowest BCUT2D eigenvalue weighted by atomic mass is 10.2. The van der Waals surface area contributed by atoms with Gasteiger partial charge in [0.2, 0.25) is 5.28 Å². The van der Waals surface area contributed by atoms with Crippen LogP contribution in [0.2, 0.25) is 5.28 Å². The first kappa shape index (κ1) is 9.84. The van der Waals surface area contributed by atoms with E-state index < -0.39 is 0 Å². The van der Waals surface area contributed by atoms with Crippen LogP contribution >= 0.6 is 11.6 Å². The zero-order chi connectivity index (χ0) is 11.1. The van der Waals surface area contributed by atoms with Crippen molar-refractivity contribution in [2.24, 2.45) is 5.92 Å². The molecule has 1 saturated heterocycles. The van der Waals surface area contributed by atoms with Crippen molar-refractivity contribution in [2.75, 3.05) is 18.0 Å². The number of hydrogen-bond acceptors (Lipinski definition) is 4. The summed E-state index contributed by atoms with van der Waals surface area (Å²) in [5.41, 5.74) is 0.703. The Balaban J connectivity index is 2.11. The Bertz CT molecular complexity index is 523. The minimum Gasteiger partial charge on any atom is -0.356 e. The highest BCUT2D eigenvalue weighted by Gasteiger charge is 2.22. The van der Waals surface area contributed by atoms with Crippen molar-refractivity contribution in [3.8, 4) is 0 Å². The van der Waals surface area contributed by atoms with Crippen LogP contribution in [-0.2, 0) is 0 Å². The summed E-state index contributed by atoms with van der Waals surface area (Å²) in [6, 6.07) is 0. The topological polar surface area (TPSA) is 57.7 Å². The Morgan fingerprint density at radius 1 is 1.50 bits per heavy atom. The van der Waals surface area contributed by atoms with Crippen LogP contribution in [0.3, 0.4) is 0 Å². The number of aromatic amines is 1. The molecular formula is C10H12ClN5. The molecule has 2 aromatic heterocycles. The number of fused-ring (bicyclic) bond motifs is 1. The van der Waals surface area contributed by atoms with Gasteiger partial charge in [-0.05, 0) is 23.9 Å². The van der Waals surface area contributed by atoms with Gasteiger partial charge in [-0.3, -0.25) is 5.10 Å². The lowest BCUT2D eigenvalue weighted by molar-refractivity contribution is 0.659. The van der Waals surface area contributed by atoms with E-state index in [1.807, 2.05) is 0 Å². The van der Waals surface area contributed by atoms with Crippen LogP contribution < -0.4 is 4.90 Å². The maximum atomic E-state index is 5.90. The summed E-state index contributed by atoms with van der Waals surface area (Å²) in [6.07, 6.45) is 2.95. The fraction of sp³-hybridized carbons (Fsp3) is 0.500. The largest absolute Gasteiger partial charge is 0.356 e. The van der Waals surface area contributed by atoms with Crippen LogP contribution in [0.1, 0.15) is 13.3 Å². The van der Waals surface area contributed by atoms with Crippen molar-refractivity contribution in [2.45, 2.75) is 13.3 Å². The standard InChI is InChI=1S/C10H12ClN5/c1-6-2-3-16(5-6)9-7-4-12-15-8(7)13-10(11)14-9/h4,6H,2-3,5H2,1H3,(H,12,13,14,15). The summed E-state index contributed by atoms with van der Waals surface area (Å²) in [5.74, 6) is 1.60. The van der Waals surface area contributed by atoms with Crippen LogP contribution in [0.25, 0.3) is 11.0 Å². The lowest BCUT2D eigenvalue weighted by Gasteiger charge is -2.17. The van der Waals surface area contributed by atoms with E-state index >= 15 is 0 Å². The number of halogens is 1. The van der Waals surface area contributed by atoms with Crippen LogP contribution in [0.5, 0.6) is 0 Å². The van der Waals surface area contributed by atoms with E-state index in [9.17, 15) is 0 Å². The minimum absolute atomic E-state index is 0.270. The molecule has 2 aromatic rings. The second kappa shape index (κ2) is 3.59. The van der Waals surface area contributed by atoms with Crippen LogP contribution in [-0.4, -0.2) is 33.3 Å². The molecule has 1 atom stereocenters. The Morgan fingerprint density at radius 3 is 3.12 bits per heavy atom. The normalized spacial score (nSPS) is 20.9. The Morgan fingerprint density at radius 2 is 2.38 bits per heavy atom. The van der Waals surface area contributed by atoms with Gasteiger partial charge in [0.05, 0.1) is 11.6 Å². The molecule has 0 aromatic carbocycles. The summed E-state index contributed by atoms with van der Waals surface area (Å²) < 4.78 is 0. The first-order valence-corrected chi connectivity index (χ1v) is 5.73. The van der Waals surface area contributed by atoms with Crippen molar-refractivity contribution < 1.29 is 0 Å². The number of anilines is 1. The van der Waals surface area contributed by atoms with Gasteiger partial charge in [-0.2, -0.15) is 15.1 Å². The summed E-state index contributed by atoms with van der Waals surface area (Å²) in [7, 11) is 0. The maximum Gasteiger partial charge on any atom is 0.226 e. The third kappa shape index (κ3) is 1.51. The van der Waals surface area contributed by atoms with Crippen LogP contribution in [0.4, 0.5) is 5.82 Å². The number of H-pyrrole nitrogens is 1. The second-order valence-corrected chi connectivity index (χ2v) is 4.63. The molecule has 0 spiro atoms. The molecule has 5 nitrogen and oxygen atoms in total. The molecule has 3 rings (SSSR count). The Kier molecular flexibility index (Phi) is 2.21. The number of aromatic nitrogens is 4. The van der Waals surface area contributed by atoms with Crippen molar-refractivity contribution in [1.82, 2.24) is 20.2 Å². The van der Waals surface area contributed by atoms with E-state index in [2.05, 4.69) is 32.0 Å². The predicted octanol–water partition coefficient (Wildman–Crippen LogP) is 1.85. The molecule has 1 aliphatic heterocycles. The molecule has 16 heavy (non-hydrogen) atoms. The molecule has 1 fully saturated rings. The van der Waals surface area contributed by atoms with Gasteiger partial charge in [0.1, 0.15) is 5.82 Å². The highest BCUT2D eigenvalue weighted by Crippen LogP contribution is 2.28. The van der Waals surface area contributed by atoms with E-state index in [0.717, 1.165) is 24.3 Å². The zero-order valence-corrected chi connectivity index (χ0v) is 9.70. The predicted molar refractivity (Wildman–Crippen MR) is 62.7 cm³/mol. The van der Waals surface area contributed by atoms with E-state index in [4.69, 9.17) is 11.6 Å². The molecule has 0 bridgehead atoms. The fourth-order valence-electron chi connectivity index (χ4n) is 2.16. The fourth-order valence-corrected chi connectivity index (χ4v) is 2.33. The molecule has 0 saturated carbocycles. The average Bonchev–Trinajstić information content (AvgIpc) is 2.84. The molecule has 6 heteroatoms. The minimum atomic E-state index is 0.270. The van der Waals surface area contributed by atoms with E-state index in [0.29, 0.717) is 11.6 Å². The zero-order valence-electron chi connectivity index (χ0n) is 8.94. The summed E-state index contributed by atoms with van der Waals surface area (Å²) >= 11 is 5.90. The van der Waals surface area contributed by atoms with Crippen molar-refractivity contribution in [3.05, 3.63) is 11.5 Å². The Labute approximate surface area is 97.8 Å². The van der Waals surface area contributed by atoms with Crippen molar-refractivity contribution >= 4 is 28.5 Å². The first-order chi connectivity index (χ1) is 7.74. The van der Waals surface area contributed by atoms with Crippen molar-refractivity contribution in [3.63, 3.8) is 0 Å². The SMILES string of the molecule is CC1CCN(c2nc(Cl)nc3[nH]ncc23)C1. The Hall–Kier alpha value is -1.36. The van der Waals surface area contributed by atoms with Crippen LogP contribution in [0.15, 0.2) is 6.20 Å². The smallest absolute Gasteiger partial charge is 0.226 e. The number of nitrogens with one attached hydrogen (secondary N) is 1. The molecule has 1 unspecified atom stereocenters. The monoisotopic (exact) mass is 237 g/mol. The van der Waals surface area contributed by atoms with E-state index in [1.54, 1.807) is 6.20 Å². The molecule has 1 N–H and O–H groups in total. The van der Waals surface area contributed by atoms with E-state index in [1.165, 1.54) is 6.42 Å². The molecule has 1 aliphatic rings. The third-order valence-electron chi connectivity index (χ3n) is 2.99.